The summed E-state index contributed by atoms with van der Waals surface area (Å²) in [6.07, 6.45) is 3.71. The topological polar surface area (TPSA) is 95.4 Å². The fourth-order valence-electron chi connectivity index (χ4n) is 5.20. The quantitative estimate of drug-likeness (QED) is 0.300. The van der Waals surface area contributed by atoms with E-state index in [4.69, 9.17) is 4.74 Å². The smallest absolute Gasteiger partial charge is 0.267 e. The number of carbonyl (C=O) groups is 1. The van der Waals surface area contributed by atoms with Gasteiger partial charge in [0, 0.05) is 41.9 Å². The minimum Gasteiger partial charge on any atom is -0.456 e. The van der Waals surface area contributed by atoms with Crippen LogP contribution in [0.25, 0.3) is 16.5 Å². The zero-order valence-corrected chi connectivity index (χ0v) is 22.5. The van der Waals surface area contributed by atoms with Gasteiger partial charge in [0.05, 0.1) is 24.0 Å². The molecule has 9 heteroatoms. The van der Waals surface area contributed by atoms with Crippen LogP contribution in [-0.4, -0.2) is 49.9 Å². The summed E-state index contributed by atoms with van der Waals surface area (Å²) in [7, 11) is 1.77. The van der Waals surface area contributed by atoms with Crippen molar-refractivity contribution in [3.63, 3.8) is 0 Å². The van der Waals surface area contributed by atoms with Crippen LogP contribution in [0.4, 0.5) is 4.39 Å². The van der Waals surface area contributed by atoms with Crippen molar-refractivity contribution in [3.05, 3.63) is 82.4 Å². The highest BCUT2D eigenvalue weighted by atomic mass is 19.1. The lowest BCUT2D eigenvalue weighted by molar-refractivity contribution is 0.0486. The number of alkyl halides is 1. The largest absolute Gasteiger partial charge is 0.456 e. The van der Waals surface area contributed by atoms with Crippen molar-refractivity contribution in [2.24, 2.45) is 0 Å². The van der Waals surface area contributed by atoms with Crippen LogP contribution in [0.3, 0.4) is 0 Å². The number of para-hydroxylation sites is 1. The number of aryl methyl sites for hydroxylation is 2. The monoisotopic (exact) mass is 529 g/mol. The van der Waals surface area contributed by atoms with Gasteiger partial charge in [-0.05, 0) is 62.9 Å². The predicted octanol–water partition coefficient (Wildman–Crippen LogP) is 5.35. The van der Waals surface area contributed by atoms with Crippen molar-refractivity contribution in [1.29, 1.82) is 0 Å². The molecule has 6 rings (SSSR count). The molecule has 2 aromatic heterocycles. The van der Waals surface area contributed by atoms with E-state index in [-0.39, 0.29) is 12.5 Å². The number of nitrogens with one attached hydrogen (secondary N) is 2. The summed E-state index contributed by atoms with van der Waals surface area (Å²) in [5.41, 5.74) is 4.66. The van der Waals surface area contributed by atoms with E-state index in [1.165, 1.54) is 0 Å². The molecule has 39 heavy (non-hydrogen) atoms. The Morgan fingerprint density at radius 1 is 1.23 bits per heavy atom. The van der Waals surface area contributed by atoms with Gasteiger partial charge >= 0.3 is 0 Å². The molecule has 2 aromatic carbocycles. The first kappa shape index (κ1) is 25.2. The van der Waals surface area contributed by atoms with E-state index in [1.54, 1.807) is 28.9 Å². The second-order valence-corrected chi connectivity index (χ2v) is 10.6. The van der Waals surface area contributed by atoms with Gasteiger partial charge in [-0.25, -0.2) is 4.39 Å². The molecular formula is C30H32FN5O3. The third-order valence-corrected chi connectivity index (χ3v) is 7.58. The van der Waals surface area contributed by atoms with Gasteiger partial charge < -0.3 is 25.0 Å². The van der Waals surface area contributed by atoms with Crippen LogP contribution < -0.4 is 10.1 Å². The molecule has 1 atom stereocenters. The number of hydrogen-bond acceptors (Lipinski definition) is 5. The van der Waals surface area contributed by atoms with Crippen LogP contribution >= 0.6 is 0 Å². The molecule has 1 unspecified atom stereocenters. The first-order valence-corrected chi connectivity index (χ1v) is 13.2. The molecule has 0 spiro atoms. The van der Waals surface area contributed by atoms with E-state index in [2.05, 4.69) is 15.4 Å². The molecule has 1 amide bonds. The fraction of sp³-hybridized carbons (Fsp3) is 0.333. The minimum atomic E-state index is -1.21. The molecule has 202 valence electrons. The number of aromatic amines is 1. The molecule has 3 heterocycles. The summed E-state index contributed by atoms with van der Waals surface area (Å²) in [6, 6.07) is 11.7. The van der Waals surface area contributed by atoms with Crippen LogP contribution in [0.5, 0.6) is 11.5 Å². The van der Waals surface area contributed by atoms with E-state index < -0.39 is 11.9 Å². The van der Waals surface area contributed by atoms with Crippen molar-refractivity contribution in [2.75, 3.05) is 13.6 Å². The highest BCUT2D eigenvalue weighted by molar-refractivity contribution is 5.97. The van der Waals surface area contributed by atoms with Crippen molar-refractivity contribution < 1.29 is 19.0 Å². The number of carbonyl (C=O) groups excluding carboxylic acids is 1. The van der Waals surface area contributed by atoms with E-state index in [0.29, 0.717) is 42.1 Å². The standard InChI is InChI=1S/C30H32FN5O3/c1-5-32-28(37)23-12-21-22(15-35(4)29(38)26(21)34-23)20-13-24-19(14-33-36(24)16-30(31)9-10-30)11-25(20)39-27-17(2)7-6-8-18(27)3/h6-8,11-15,29,34,38H,5,9-10,16H2,1-4H3,(H,32,37). The van der Waals surface area contributed by atoms with Crippen molar-refractivity contribution in [2.45, 2.75) is 52.1 Å². The third-order valence-electron chi connectivity index (χ3n) is 7.58. The molecule has 1 saturated carbocycles. The SMILES string of the molecule is CCNC(=O)c1cc2c([nH]1)C(O)N(C)C=C2c1cc2c(cnn2CC2(F)CC2)cc1Oc1c(C)cccc1C. The highest BCUT2D eigenvalue weighted by Gasteiger charge is 2.44. The molecule has 0 saturated heterocycles. The summed E-state index contributed by atoms with van der Waals surface area (Å²) in [5.74, 6) is 1.11. The van der Waals surface area contributed by atoms with Gasteiger partial charge in [-0.3, -0.25) is 9.48 Å². The van der Waals surface area contributed by atoms with Gasteiger partial charge in [0.2, 0.25) is 0 Å². The number of rotatable bonds is 7. The van der Waals surface area contributed by atoms with E-state index >= 15 is 0 Å². The number of fused-ring (bicyclic) bond motifs is 2. The summed E-state index contributed by atoms with van der Waals surface area (Å²) in [5, 5.41) is 19.1. The number of hydrogen-bond donors (Lipinski definition) is 3. The zero-order chi connectivity index (χ0) is 27.5. The average molecular weight is 530 g/mol. The maximum Gasteiger partial charge on any atom is 0.267 e. The fourth-order valence-corrected chi connectivity index (χ4v) is 5.20. The summed E-state index contributed by atoms with van der Waals surface area (Å²) in [4.78, 5) is 17.5. The Kier molecular flexibility index (Phi) is 5.99. The average Bonchev–Trinajstić information content (AvgIpc) is 3.29. The van der Waals surface area contributed by atoms with Gasteiger partial charge in [-0.1, -0.05) is 18.2 Å². The Labute approximate surface area is 226 Å². The maximum atomic E-state index is 14.8. The Hall–Kier alpha value is -4.11. The summed E-state index contributed by atoms with van der Waals surface area (Å²) < 4.78 is 23.1. The number of aromatic nitrogens is 3. The molecule has 2 aliphatic rings. The highest BCUT2D eigenvalue weighted by Crippen LogP contribution is 2.45. The normalized spacial score (nSPS) is 17.6. The maximum absolute atomic E-state index is 14.8. The Morgan fingerprint density at radius 2 is 1.97 bits per heavy atom. The van der Waals surface area contributed by atoms with Crippen LogP contribution in [-0.2, 0) is 6.54 Å². The Bertz CT molecular complexity index is 1610. The lowest BCUT2D eigenvalue weighted by Gasteiger charge is -2.29. The van der Waals surface area contributed by atoms with Gasteiger partial charge in [-0.15, -0.1) is 0 Å². The summed E-state index contributed by atoms with van der Waals surface area (Å²) in [6.45, 7) is 6.54. The number of aliphatic hydroxyl groups excluding tert-OH is 1. The van der Waals surface area contributed by atoms with Crippen LogP contribution in [0, 0.1) is 13.8 Å². The van der Waals surface area contributed by atoms with Crippen LogP contribution in [0.2, 0.25) is 0 Å². The minimum absolute atomic E-state index is 0.196. The summed E-state index contributed by atoms with van der Waals surface area (Å²) >= 11 is 0. The lowest BCUT2D eigenvalue weighted by atomic mass is 9.93. The van der Waals surface area contributed by atoms with Crippen molar-refractivity contribution in [1.82, 2.24) is 25.0 Å². The van der Waals surface area contributed by atoms with E-state index in [1.807, 2.05) is 57.3 Å². The van der Waals surface area contributed by atoms with Gasteiger partial charge in [0.15, 0.2) is 6.23 Å². The molecule has 4 aromatic rings. The molecular weight excluding hydrogens is 497 g/mol. The van der Waals surface area contributed by atoms with E-state index in [0.717, 1.165) is 38.9 Å². The van der Waals surface area contributed by atoms with Crippen molar-refractivity contribution in [3.8, 4) is 11.5 Å². The Balaban J connectivity index is 1.54. The molecule has 1 aliphatic carbocycles. The number of ether oxygens (including phenoxy) is 1. The number of benzene rings is 2. The number of aliphatic hydroxyl groups is 1. The molecule has 3 N–H and O–H groups in total. The van der Waals surface area contributed by atoms with Gasteiger partial charge in [0.1, 0.15) is 22.9 Å². The second-order valence-electron chi connectivity index (χ2n) is 10.6. The first-order chi connectivity index (χ1) is 18.7. The molecule has 1 aliphatic heterocycles. The van der Waals surface area contributed by atoms with Crippen LogP contribution in [0.1, 0.15) is 64.4 Å². The molecule has 1 fully saturated rings. The molecule has 8 nitrogen and oxygen atoms in total. The Morgan fingerprint density at radius 3 is 2.67 bits per heavy atom. The van der Waals surface area contributed by atoms with Gasteiger partial charge in [0.25, 0.3) is 5.91 Å². The first-order valence-electron chi connectivity index (χ1n) is 13.2. The van der Waals surface area contributed by atoms with Crippen molar-refractivity contribution >= 4 is 22.4 Å². The number of nitrogens with zero attached hydrogens (tertiary/aromatic N) is 3. The number of amides is 1. The number of H-pyrrole nitrogens is 1. The van der Waals surface area contributed by atoms with Crippen LogP contribution in [0.15, 0.2) is 48.8 Å². The van der Waals surface area contributed by atoms with Gasteiger partial charge in [-0.2, -0.15) is 5.10 Å². The second kappa shape index (κ2) is 9.27. The third kappa shape index (κ3) is 4.46. The predicted molar refractivity (Wildman–Crippen MR) is 147 cm³/mol. The number of halogens is 1. The molecule has 0 bridgehead atoms. The lowest BCUT2D eigenvalue weighted by Crippen LogP contribution is -2.25. The zero-order valence-electron chi connectivity index (χ0n) is 22.5. The van der Waals surface area contributed by atoms with E-state index in [9.17, 15) is 14.3 Å². The molecule has 0 radical (unpaired) electrons.